The molecule has 0 radical (unpaired) electrons. The predicted octanol–water partition coefficient (Wildman–Crippen LogP) is 4.40. The molecule has 3 aliphatic carbocycles. The van der Waals surface area contributed by atoms with Gasteiger partial charge in [-0.3, -0.25) is 24.4 Å². The number of ether oxygens (including phenoxy) is 4. The van der Waals surface area contributed by atoms with E-state index in [1.165, 1.54) is 12.1 Å². The molecule has 0 saturated carbocycles. The van der Waals surface area contributed by atoms with Crippen LogP contribution < -0.4 is 15.0 Å². The summed E-state index contributed by atoms with van der Waals surface area (Å²) in [5.74, 6) is -4.61. The van der Waals surface area contributed by atoms with Crippen molar-refractivity contribution in [1.29, 1.82) is 0 Å². The number of aromatic amines is 1. The second-order valence-electron chi connectivity index (χ2n) is 13.5. The lowest BCUT2D eigenvalue weighted by molar-refractivity contribution is -0.146. The van der Waals surface area contributed by atoms with Crippen LogP contribution in [0.4, 0.5) is 0 Å². The molecule has 5 aliphatic rings. The smallest absolute Gasteiger partial charge is 0.331 e. The zero-order valence-electron chi connectivity index (χ0n) is 28.8. The van der Waals surface area contributed by atoms with Crippen LogP contribution in [0.1, 0.15) is 74.5 Å². The highest BCUT2D eigenvalue weighted by molar-refractivity contribution is 6.20. The molecule has 0 amide bonds. The van der Waals surface area contributed by atoms with E-state index in [1.54, 1.807) is 55.8 Å². The highest BCUT2D eigenvalue weighted by Crippen LogP contribution is 2.62. The summed E-state index contributed by atoms with van der Waals surface area (Å²) in [5.41, 5.74) is -2.63. The number of nitrogens with one attached hydrogen (secondary N) is 1. The van der Waals surface area contributed by atoms with Crippen molar-refractivity contribution in [3.05, 3.63) is 129 Å². The number of carbonyl (C=O) groups is 3. The Morgan fingerprint density at radius 2 is 1.92 bits per heavy atom. The Labute approximate surface area is 303 Å². The first-order valence-corrected chi connectivity index (χ1v) is 17.3. The average molecular weight is 718 g/mol. The maximum absolute atomic E-state index is 14.4. The summed E-state index contributed by atoms with van der Waals surface area (Å²) in [6.07, 6.45) is 14.5. The number of benzene rings is 1. The fourth-order valence-corrected chi connectivity index (χ4v) is 8.04. The van der Waals surface area contributed by atoms with Crippen molar-refractivity contribution < 1.29 is 43.5 Å². The second-order valence-corrected chi connectivity index (χ2v) is 13.5. The lowest BCUT2D eigenvalue weighted by atomic mass is 9.60. The molecule has 0 saturated heterocycles. The van der Waals surface area contributed by atoms with Gasteiger partial charge in [-0.1, -0.05) is 36.5 Å². The van der Waals surface area contributed by atoms with Crippen molar-refractivity contribution in [2.24, 2.45) is 16.8 Å². The number of aromatic nitrogens is 2. The number of ketones is 2. The lowest BCUT2D eigenvalue weighted by Gasteiger charge is -2.48. The molecule has 0 unspecified atom stereocenters. The van der Waals surface area contributed by atoms with Crippen LogP contribution in [-0.4, -0.2) is 62.4 Å². The molecular formula is C40H35N3O10. The van der Waals surface area contributed by atoms with Gasteiger partial charge in [-0.2, -0.15) is 0 Å². The van der Waals surface area contributed by atoms with Gasteiger partial charge in [0.25, 0.3) is 5.56 Å². The molecule has 4 heterocycles. The Hall–Kier alpha value is -5.92. The summed E-state index contributed by atoms with van der Waals surface area (Å²) in [5, 5.41) is 25.0. The van der Waals surface area contributed by atoms with E-state index in [0.29, 0.717) is 17.8 Å². The monoisotopic (exact) mass is 717 g/mol. The number of phenols is 1. The predicted molar refractivity (Wildman–Crippen MR) is 189 cm³/mol. The molecule has 8 rings (SSSR count). The first kappa shape index (κ1) is 34.2. The number of phenolic OH excluding ortho intramolecular Hbond substituents is 1. The maximum Gasteiger partial charge on any atom is 0.331 e. The molecular weight excluding hydrogens is 682 g/mol. The number of hydrogen-bond acceptors (Lipinski definition) is 12. The van der Waals surface area contributed by atoms with Crippen molar-refractivity contribution in [2.45, 2.75) is 57.1 Å². The van der Waals surface area contributed by atoms with Crippen LogP contribution in [0.15, 0.2) is 89.0 Å². The number of hydrogen-bond donors (Lipinski definition) is 3. The highest BCUT2D eigenvalue weighted by Gasteiger charge is 2.63. The average Bonchev–Trinajstić information content (AvgIpc) is 3.15. The minimum Gasteiger partial charge on any atom is -0.507 e. The summed E-state index contributed by atoms with van der Waals surface area (Å²) in [7, 11) is 0. The van der Waals surface area contributed by atoms with Crippen molar-refractivity contribution in [3.8, 4) is 17.2 Å². The van der Waals surface area contributed by atoms with Crippen molar-refractivity contribution in [1.82, 2.24) is 9.97 Å². The minimum absolute atomic E-state index is 0.0574. The van der Waals surface area contributed by atoms with E-state index in [2.05, 4.69) is 9.97 Å². The Morgan fingerprint density at radius 3 is 2.72 bits per heavy atom. The first-order valence-electron chi connectivity index (χ1n) is 17.3. The van der Waals surface area contributed by atoms with Gasteiger partial charge >= 0.3 is 5.97 Å². The number of H-pyrrole nitrogens is 1. The van der Waals surface area contributed by atoms with Gasteiger partial charge in [-0.25, -0.2) is 4.79 Å². The Balaban J connectivity index is 1.30. The van der Waals surface area contributed by atoms with E-state index in [1.807, 2.05) is 25.2 Å². The van der Waals surface area contributed by atoms with Crippen molar-refractivity contribution in [3.63, 3.8) is 0 Å². The fourth-order valence-electron chi connectivity index (χ4n) is 8.04. The van der Waals surface area contributed by atoms with Crippen LogP contribution in [0.3, 0.4) is 0 Å². The standard InChI is InChI=1S/C40H35N3O10/c1-3-4-5-6-7-11-27(44)52-25-10-8-9-22-32(42-18-21-12-14-41-15-13-21)30-34(46)31-29-26(50-19-51-36(29)37(30)53-35(22)25)17-24-33(45)23-16-20(2)43-39(48)28(23)38(47)40(24,31)49/h3-8,10-16,22,24-26,35,46,49H,9,17-19H2,1-2H3,(H,43,48)/b4-3+,6-5+,11-7+,42-32?/t22-,24+,25+,26+,35-,40+/m0/s1. The van der Waals surface area contributed by atoms with Crippen molar-refractivity contribution >= 4 is 23.2 Å². The molecule has 53 heavy (non-hydrogen) atoms. The quantitative estimate of drug-likeness (QED) is 0.142. The molecule has 13 heteroatoms. The Kier molecular flexibility index (Phi) is 8.54. The number of aromatic hydroxyl groups is 1. The third kappa shape index (κ3) is 5.46. The number of pyridine rings is 2. The third-order valence-corrected chi connectivity index (χ3v) is 10.4. The number of esters is 1. The van der Waals surface area contributed by atoms with Crippen LogP contribution in [0.2, 0.25) is 0 Å². The molecule has 6 atom stereocenters. The zero-order valence-corrected chi connectivity index (χ0v) is 28.8. The van der Waals surface area contributed by atoms with Gasteiger partial charge in [0.1, 0.15) is 11.9 Å². The van der Waals surface area contributed by atoms with Crippen LogP contribution in [0, 0.1) is 18.8 Å². The highest BCUT2D eigenvalue weighted by atomic mass is 16.7. The summed E-state index contributed by atoms with van der Waals surface area (Å²) in [6.45, 7) is 3.36. The van der Waals surface area contributed by atoms with E-state index >= 15 is 0 Å². The van der Waals surface area contributed by atoms with Crippen LogP contribution >= 0.6 is 0 Å². The largest absolute Gasteiger partial charge is 0.507 e. The van der Waals surface area contributed by atoms with Gasteiger partial charge < -0.3 is 34.1 Å². The van der Waals surface area contributed by atoms with Crippen LogP contribution in [0.25, 0.3) is 0 Å². The van der Waals surface area contributed by atoms with Gasteiger partial charge in [0.15, 0.2) is 35.8 Å². The minimum atomic E-state index is -2.65. The second kappa shape index (κ2) is 13.2. The number of aryl methyl sites for hydroxylation is 1. The van der Waals surface area contributed by atoms with E-state index in [9.17, 15) is 29.4 Å². The maximum atomic E-state index is 14.4. The van der Waals surface area contributed by atoms with Crippen molar-refractivity contribution in [2.75, 3.05) is 6.79 Å². The third-order valence-electron chi connectivity index (χ3n) is 10.4. The number of aliphatic hydroxyl groups is 1. The summed E-state index contributed by atoms with van der Waals surface area (Å²) < 4.78 is 24.5. The van der Waals surface area contributed by atoms with E-state index in [-0.39, 0.29) is 53.5 Å². The van der Waals surface area contributed by atoms with E-state index in [0.717, 1.165) is 5.56 Å². The van der Waals surface area contributed by atoms with Gasteiger partial charge in [-0.15, -0.1) is 0 Å². The molecule has 3 N–H and O–H groups in total. The number of rotatable bonds is 6. The molecule has 0 spiro atoms. The van der Waals surface area contributed by atoms with Crippen LogP contribution in [0.5, 0.6) is 17.2 Å². The van der Waals surface area contributed by atoms with Gasteiger partial charge in [0, 0.05) is 46.8 Å². The van der Waals surface area contributed by atoms with Crippen LogP contribution in [-0.2, 0) is 26.4 Å². The number of allylic oxidation sites excluding steroid dienone is 6. The topological polar surface area (TPSA) is 187 Å². The Bertz CT molecular complexity index is 2270. The molecule has 3 aromatic rings. The normalized spacial score (nSPS) is 27.5. The summed E-state index contributed by atoms with van der Waals surface area (Å²) >= 11 is 0. The number of fused-ring (bicyclic) bond motifs is 6. The molecule has 13 nitrogen and oxygen atoms in total. The SMILES string of the molecule is C/C=C/C=C/C=C/C(=O)O[C@@H]1C=CC[C@H]2C(=NCc3ccncc3)c3c(O)c4c5c(c3O[C@H]12)OCO[C@@H]5C[C@@H]1C(=O)c2cc(C)[nH]c(=O)c2C(=O)[C@]41O. The van der Waals surface area contributed by atoms with Gasteiger partial charge in [0.05, 0.1) is 35.4 Å². The number of aliphatic imine (C=N–C) groups is 1. The lowest BCUT2D eigenvalue weighted by Crippen LogP contribution is -2.56. The molecule has 1 aromatic carbocycles. The molecule has 2 aliphatic heterocycles. The Morgan fingerprint density at radius 1 is 1.13 bits per heavy atom. The molecule has 270 valence electrons. The van der Waals surface area contributed by atoms with E-state index in [4.69, 9.17) is 23.9 Å². The fraction of sp³-hybridized carbons (Fsp3) is 0.300. The van der Waals surface area contributed by atoms with Gasteiger partial charge in [0.2, 0.25) is 5.78 Å². The first-order chi connectivity index (χ1) is 25.6. The van der Waals surface area contributed by atoms with Gasteiger partial charge in [-0.05, 0) is 56.5 Å². The summed E-state index contributed by atoms with van der Waals surface area (Å²) in [6, 6.07) is 5.01. The molecule has 2 aromatic heterocycles. The molecule has 0 fully saturated rings. The zero-order chi connectivity index (χ0) is 37.0. The number of Topliss-reactive ketones (excluding diaryl/α,β-unsaturated/α-hetero) is 2. The summed E-state index contributed by atoms with van der Waals surface area (Å²) in [4.78, 5) is 66.2. The molecule has 0 bridgehead atoms. The number of carbonyl (C=O) groups excluding carboxylic acids is 3. The van der Waals surface area contributed by atoms with E-state index < -0.39 is 70.2 Å². The number of nitrogens with zero attached hydrogens (tertiary/aromatic N) is 2.